The molecule has 33 heavy (non-hydrogen) atoms. The summed E-state index contributed by atoms with van der Waals surface area (Å²) < 4.78 is 21.7. The number of aliphatic hydroxyl groups is 1. The van der Waals surface area contributed by atoms with E-state index in [-0.39, 0.29) is 19.3 Å². The smallest absolute Gasteiger partial charge is 0.390 e. The van der Waals surface area contributed by atoms with Crippen molar-refractivity contribution in [2.45, 2.75) is 122 Å². The molecule has 0 rings (SSSR count). The fourth-order valence-electron chi connectivity index (χ4n) is 3.97. The molecular formula is C25H55NO6P+. The molecule has 2 atom stereocenters. The molecule has 0 saturated heterocycles. The summed E-state index contributed by atoms with van der Waals surface area (Å²) in [5.74, 6) is 0. The van der Waals surface area contributed by atoms with Crippen molar-refractivity contribution in [2.75, 3.05) is 41.0 Å². The van der Waals surface area contributed by atoms with Crippen LogP contribution in [0.2, 0.25) is 0 Å². The number of ether oxygens (including phenoxy) is 1. The first-order valence-corrected chi connectivity index (χ1v) is 14.9. The maximum Gasteiger partial charge on any atom is 0.469 e. The topological polar surface area (TPSA) is 96.2 Å². The molecule has 200 valence electrons. The highest BCUT2D eigenvalue weighted by atomic mass is 31.2. The summed E-state index contributed by atoms with van der Waals surface area (Å²) in [5.41, 5.74) is 0. The van der Waals surface area contributed by atoms with Gasteiger partial charge in [-0.15, -0.1) is 0 Å². The number of rotatable bonds is 24. The maximum atomic E-state index is 11.0. The summed E-state index contributed by atoms with van der Waals surface area (Å²) in [4.78, 5) is 17.9. The molecule has 0 aromatic rings. The minimum Gasteiger partial charge on any atom is -0.390 e. The Morgan fingerprint density at radius 2 is 1.15 bits per heavy atom. The number of likely N-dealkylation sites (N-methyl/N-ethyl adjacent to an activating group) is 1. The Kier molecular flexibility index (Phi) is 20.2. The number of unbranched alkanes of at least 4 members (excludes halogenated alkanes) is 14. The molecule has 0 saturated carbocycles. The van der Waals surface area contributed by atoms with Crippen LogP contribution < -0.4 is 0 Å². The predicted molar refractivity (Wildman–Crippen MR) is 136 cm³/mol. The summed E-state index contributed by atoms with van der Waals surface area (Å²) in [6.45, 7) is 3.04. The minimum absolute atomic E-state index is 0.107. The van der Waals surface area contributed by atoms with E-state index in [1.54, 1.807) is 0 Å². The highest BCUT2D eigenvalue weighted by molar-refractivity contribution is 7.46. The number of aliphatic hydroxyl groups excluding tert-OH is 1. The Labute approximate surface area is 204 Å². The molecule has 0 aromatic heterocycles. The Morgan fingerprint density at radius 1 is 0.727 bits per heavy atom. The van der Waals surface area contributed by atoms with Crippen molar-refractivity contribution in [1.29, 1.82) is 0 Å². The number of hydrogen-bond donors (Lipinski definition) is 3. The minimum atomic E-state index is -4.51. The van der Waals surface area contributed by atoms with Crippen molar-refractivity contribution in [1.82, 2.24) is 0 Å². The highest BCUT2D eigenvalue weighted by Crippen LogP contribution is 2.36. The number of quaternary nitrogens is 1. The lowest BCUT2D eigenvalue weighted by atomic mass is 10.0. The summed E-state index contributed by atoms with van der Waals surface area (Å²) >= 11 is 0. The average molecular weight is 497 g/mol. The van der Waals surface area contributed by atoms with Crippen LogP contribution in [0.1, 0.15) is 110 Å². The molecular weight excluding hydrogens is 441 g/mol. The van der Waals surface area contributed by atoms with E-state index in [0.717, 1.165) is 12.8 Å². The third-order valence-corrected chi connectivity index (χ3v) is 6.76. The summed E-state index contributed by atoms with van der Waals surface area (Å²) in [5, 5.41) is 10.3. The third-order valence-electron chi connectivity index (χ3n) is 6.28. The number of hydrogen-bond acceptors (Lipinski definition) is 4. The first-order chi connectivity index (χ1) is 15.6. The van der Waals surface area contributed by atoms with E-state index < -0.39 is 13.9 Å². The van der Waals surface area contributed by atoms with Gasteiger partial charge in [0.1, 0.15) is 12.6 Å². The second kappa shape index (κ2) is 20.2. The molecule has 0 heterocycles. The highest BCUT2D eigenvalue weighted by Gasteiger charge is 2.30. The number of phosphoric ester groups is 1. The van der Waals surface area contributed by atoms with Crippen molar-refractivity contribution in [3.05, 3.63) is 0 Å². The van der Waals surface area contributed by atoms with E-state index in [2.05, 4.69) is 11.4 Å². The Morgan fingerprint density at radius 3 is 1.55 bits per heavy atom. The molecule has 0 aliphatic rings. The summed E-state index contributed by atoms with van der Waals surface area (Å²) in [6, 6.07) is -0.234. The molecule has 0 aliphatic heterocycles. The van der Waals surface area contributed by atoms with Gasteiger partial charge in [0.05, 0.1) is 33.9 Å². The van der Waals surface area contributed by atoms with Gasteiger partial charge in [0.2, 0.25) is 0 Å². The predicted octanol–water partition coefficient (Wildman–Crippen LogP) is 5.81. The van der Waals surface area contributed by atoms with E-state index >= 15 is 0 Å². The van der Waals surface area contributed by atoms with E-state index in [1.165, 1.54) is 83.5 Å². The van der Waals surface area contributed by atoms with E-state index in [1.807, 2.05) is 21.1 Å². The molecule has 0 amide bonds. The zero-order valence-electron chi connectivity index (χ0n) is 22.1. The Hall–Kier alpha value is -0.0100. The van der Waals surface area contributed by atoms with Gasteiger partial charge in [0, 0.05) is 13.0 Å². The quantitative estimate of drug-likeness (QED) is 0.0887. The van der Waals surface area contributed by atoms with Crippen LogP contribution in [0.15, 0.2) is 0 Å². The van der Waals surface area contributed by atoms with Gasteiger partial charge in [-0.3, -0.25) is 4.52 Å². The lowest BCUT2D eigenvalue weighted by molar-refractivity contribution is -0.897. The fourth-order valence-corrected chi connectivity index (χ4v) is 4.33. The van der Waals surface area contributed by atoms with E-state index in [4.69, 9.17) is 14.5 Å². The van der Waals surface area contributed by atoms with Crippen molar-refractivity contribution in [3.63, 3.8) is 0 Å². The zero-order valence-corrected chi connectivity index (χ0v) is 22.9. The van der Waals surface area contributed by atoms with Crippen LogP contribution >= 0.6 is 7.82 Å². The van der Waals surface area contributed by atoms with Crippen LogP contribution in [0.5, 0.6) is 0 Å². The maximum absolute atomic E-state index is 11.0. The standard InChI is InChI=1S/C25H54NO6P/c1-5-6-7-8-9-10-11-12-13-14-15-16-17-18-19-20-31-23-25(27)21-24(26(2,3)4)22-32-33(28,29)30/h24-25,27H,5-23H2,1-4H3,(H-,28,29,30)/p+1. The van der Waals surface area contributed by atoms with Crippen molar-refractivity contribution in [3.8, 4) is 0 Å². The molecule has 0 fully saturated rings. The molecule has 0 aliphatic carbocycles. The lowest BCUT2D eigenvalue weighted by Gasteiger charge is -2.35. The molecule has 0 spiro atoms. The van der Waals surface area contributed by atoms with Crippen LogP contribution in [0.25, 0.3) is 0 Å². The lowest BCUT2D eigenvalue weighted by Crippen LogP contribution is -2.49. The Balaban J connectivity index is 3.57. The van der Waals surface area contributed by atoms with Crippen molar-refractivity contribution >= 4 is 7.82 Å². The Bertz CT molecular complexity index is 480. The van der Waals surface area contributed by atoms with Crippen LogP contribution in [-0.4, -0.2) is 72.5 Å². The zero-order chi connectivity index (χ0) is 25.0. The number of phosphoric acid groups is 1. The normalized spacial score (nSPS) is 14.5. The first kappa shape index (κ1) is 33.0. The molecule has 0 radical (unpaired) electrons. The van der Waals surface area contributed by atoms with Crippen molar-refractivity contribution < 1.29 is 33.2 Å². The average Bonchev–Trinajstić information content (AvgIpc) is 2.71. The van der Waals surface area contributed by atoms with E-state index in [0.29, 0.717) is 17.5 Å². The van der Waals surface area contributed by atoms with Gasteiger partial charge < -0.3 is 24.1 Å². The first-order valence-electron chi connectivity index (χ1n) is 13.3. The second-order valence-electron chi connectivity index (χ2n) is 10.5. The molecule has 7 nitrogen and oxygen atoms in total. The second-order valence-corrected chi connectivity index (χ2v) is 11.7. The van der Waals surface area contributed by atoms with Crippen LogP contribution in [0.3, 0.4) is 0 Å². The molecule has 0 bridgehead atoms. The fraction of sp³-hybridized carbons (Fsp3) is 1.00. The van der Waals surface area contributed by atoms with Gasteiger partial charge >= 0.3 is 7.82 Å². The summed E-state index contributed by atoms with van der Waals surface area (Å²) in [7, 11) is 1.23. The molecule has 2 unspecified atom stereocenters. The van der Waals surface area contributed by atoms with Crippen LogP contribution in [0.4, 0.5) is 0 Å². The van der Waals surface area contributed by atoms with Gasteiger partial charge in [-0.05, 0) is 6.42 Å². The van der Waals surface area contributed by atoms with Gasteiger partial charge in [0.25, 0.3) is 0 Å². The van der Waals surface area contributed by atoms with Gasteiger partial charge in [0.15, 0.2) is 0 Å². The third kappa shape index (κ3) is 23.5. The monoisotopic (exact) mass is 496 g/mol. The van der Waals surface area contributed by atoms with E-state index in [9.17, 15) is 9.67 Å². The van der Waals surface area contributed by atoms with Gasteiger partial charge in [-0.1, -0.05) is 96.8 Å². The van der Waals surface area contributed by atoms with Gasteiger partial charge in [-0.2, -0.15) is 0 Å². The largest absolute Gasteiger partial charge is 0.469 e. The summed E-state index contributed by atoms with van der Waals surface area (Å²) in [6.07, 6.45) is 19.6. The SMILES string of the molecule is CCCCCCCCCCCCCCCCCOCC(O)CC(COP(=O)(O)O)[N+](C)(C)C. The number of nitrogens with zero attached hydrogens (tertiary/aromatic N) is 1. The van der Waals surface area contributed by atoms with Crippen LogP contribution in [0, 0.1) is 0 Å². The van der Waals surface area contributed by atoms with Gasteiger partial charge in [-0.25, -0.2) is 4.57 Å². The van der Waals surface area contributed by atoms with Crippen LogP contribution in [-0.2, 0) is 13.8 Å². The molecule has 3 N–H and O–H groups in total. The molecule has 0 aromatic carbocycles. The van der Waals surface area contributed by atoms with Crippen molar-refractivity contribution in [2.24, 2.45) is 0 Å². The molecule has 8 heteroatoms.